The number of nitrogens with zero attached hydrogens (tertiary/aromatic N) is 3. The van der Waals surface area contributed by atoms with Gasteiger partial charge in [-0.25, -0.2) is 9.97 Å². The zero-order valence-corrected chi connectivity index (χ0v) is 10.8. The lowest BCUT2D eigenvalue weighted by Crippen LogP contribution is -2.15. The van der Waals surface area contributed by atoms with Crippen LogP contribution in [-0.4, -0.2) is 29.9 Å². The van der Waals surface area contributed by atoms with Crippen LogP contribution in [0.15, 0.2) is 36.7 Å². The first-order chi connectivity index (χ1) is 9.08. The van der Waals surface area contributed by atoms with Crippen LogP contribution in [0.1, 0.15) is 5.69 Å². The Kier molecular flexibility index (Phi) is 3.61. The number of benzene rings is 1. The fourth-order valence-corrected chi connectivity index (χ4v) is 1.52. The molecule has 19 heavy (non-hydrogen) atoms. The zero-order chi connectivity index (χ0) is 13.8. The molecule has 1 heterocycles. The van der Waals surface area contributed by atoms with Crippen molar-refractivity contribution in [1.82, 2.24) is 9.97 Å². The average molecular weight is 257 g/mol. The highest BCUT2D eigenvalue weighted by Crippen LogP contribution is 2.25. The third-order valence-corrected chi connectivity index (χ3v) is 2.47. The van der Waals surface area contributed by atoms with Crippen molar-refractivity contribution in [2.45, 2.75) is 0 Å². The Morgan fingerprint density at radius 1 is 1.26 bits per heavy atom. The van der Waals surface area contributed by atoms with E-state index in [0.717, 1.165) is 5.69 Å². The minimum Gasteiger partial charge on any atom is -0.437 e. The highest BCUT2D eigenvalue weighted by molar-refractivity contribution is 5.95. The fourth-order valence-electron chi connectivity index (χ4n) is 1.52. The van der Waals surface area contributed by atoms with Gasteiger partial charge >= 0.3 is 0 Å². The van der Waals surface area contributed by atoms with Crippen molar-refractivity contribution < 1.29 is 4.74 Å². The molecule has 0 radical (unpaired) electrons. The van der Waals surface area contributed by atoms with E-state index in [2.05, 4.69) is 9.97 Å². The van der Waals surface area contributed by atoms with Crippen LogP contribution in [0.5, 0.6) is 11.6 Å². The van der Waals surface area contributed by atoms with Crippen LogP contribution >= 0.6 is 0 Å². The second-order valence-corrected chi connectivity index (χ2v) is 4.12. The van der Waals surface area contributed by atoms with E-state index in [1.165, 1.54) is 12.4 Å². The number of amidine groups is 1. The Labute approximate surface area is 111 Å². The Morgan fingerprint density at radius 2 is 2.00 bits per heavy atom. The molecule has 6 heteroatoms. The molecular weight excluding hydrogens is 242 g/mol. The summed E-state index contributed by atoms with van der Waals surface area (Å²) in [5.41, 5.74) is 6.68. The Balaban J connectivity index is 2.31. The van der Waals surface area contributed by atoms with Gasteiger partial charge in [0.05, 0.1) is 0 Å². The summed E-state index contributed by atoms with van der Waals surface area (Å²) < 4.78 is 5.64. The van der Waals surface area contributed by atoms with Gasteiger partial charge in [-0.3, -0.25) is 5.41 Å². The van der Waals surface area contributed by atoms with Crippen LogP contribution in [0.2, 0.25) is 0 Å². The minimum atomic E-state index is -0.174. The van der Waals surface area contributed by atoms with Crippen molar-refractivity contribution in [3.8, 4) is 11.6 Å². The Hall–Kier alpha value is -2.63. The van der Waals surface area contributed by atoms with Gasteiger partial charge in [0.15, 0.2) is 5.69 Å². The molecule has 0 aliphatic heterocycles. The van der Waals surface area contributed by atoms with Crippen LogP contribution in [0.3, 0.4) is 0 Å². The molecule has 0 unspecified atom stereocenters. The van der Waals surface area contributed by atoms with Crippen molar-refractivity contribution in [1.29, 1.82) is 5.41 Å². The molecule has 98 valence electrons. The second-order valence-electron chi connectivity index (χ2n) is 4.12. The van der Waals surface area contributed by atoms with Gasteiger partial charge in [0.25, 0.3) is 0 Å². The van der Waals surface area contributed by atoms with E-state index in [4.69, 9.17) is 15.9 Å². The molecular formula is C13H15N5O. The molecule has 2 aromatic rings. The minimum absolute atomic E-state index is 0.174. The number of nitrogens with one attached hydrogen (secondary N) is 1. The highest BCUT2D eigenvalue weighted by Gasteiger charge is 2.10. The third kappa shape index (κ3) is 2.98. The number of nitrogen functional groups attached to an aromatic ring is 1. The number of rotatable bonds is 4. The number of hydrogen-bond acceptors (Lipinski definition) is 5. The summed E-state index contributed by atoms with van der Waals surface area (Å²) in [7, 11) is 3.89. The van der Waals surface area contributed by atoms with Gasteiger partial charge in [-0.15, -0.1) is 0 Å². The Morgan fingerprint density at radius 3 is 2.68 bits per heavy atom. The molecule has 0 saturated heterocycles. The lowest BCUT2D eigenvalue weighted by Gasteiger charge is -2.14. The maximum absolute atomic E-state index is 7.44. The van der Waals surface area contributed by atoms with E-state index >= 15 is 0 Å². The molecule has 6 nitrogen and oxygen atoms in total. The van der Waals surface area contributed by atoms with Gasteiger partial charge in [-0.05, 0) is 12.1 Å². The number of anilines is 1. The molecule has 0 aliphatic rings. The van der Waals surface area contributed by atoms with Crippen LogP contribution in [0.4, 0.5) is 5.69 Å². The molecule has 0 spiro atoms. The normalized spacial score (nSPS) is 10.0. The SMILES string of the molecule is CN(C)c1cccc(Oc2nccnc2C(=N)N)c1. The van der Waals surface area contributed by atoms with Crippen molar-refractivity contribution >= 4 is 11.5 Å². The standard InChI is InChI=1S/C13H15N5O/c1-18(2)9-4-3-5-10(8-9)19-13-11(12(14)15)16-6-7-17-13/h3-8H,1-2H3,(H3,14,15). The number of nitrogens with two attached hydrogens (primary N) is 1. The van der Waals surface area contributed by atoms with E-state index in [9.17, 15) is 0 Å². The molecule has 3 N–H and O–H groups in total. The van der Waals surface area contributed by atoms with Crippen molar-refractivity contribution in [2.75, 3.05) is 19.0 Å². The maximum Gasteiger partial charge on any atom is 0.249 e. The Bertz CT molecular complexity index is 597. The highest BCUT2D eigenvalue weighted by atomic mass is 16.5. The lowest BCUT2D eigenvalue weighted by molar-refractivity contribution is 0.458. The molecule has 0 bridgehead atoms. The summed E-state index contributed by atoms with van der Waals surface area (Å²) in [6.45, 7) is 0. The molecule has 1 aromatic carbocycles. The summed E-state index contributed by atoms with van der Waals surface area (Å²) in [4.78, 5) is 10.0. The predicted octanol–water partition coefficient (Wildman–Crippen LogP) is 1.62. The van der Waals surface area contributed by atoms with Crippen LogP contribution in [0.25, 0.3) is 0 Å². The number of ether oxygens (including phenoxy) is 1. The molecule has 1 aromatic heterocycles. The summed E-state index contributed by atoms with van der Waals surface area (Å²) in [5.74, 6) is 0.673. The third-order valence-electron chi connectivity index (χ3n) is 2.47. The van der Waals surface area contributed by atoms with E-state index in [-0.39, 0.29) is 17.4 Å². The summed E-state index contributed by atoms with van der Waals surface area (Å²) >= 11 is 0. The van der Waals surface area contributed by atoms with E-state index in [1.807, 2.05) is 43.3 Å². The van der Waals surface area contributed by atoms with Gasteiger partial charge in [-0.1, -0.05) is 6.07 Å². The summed E-state index contributed by atoms with van der Waals surface area (Å²) in [6.07, 6.45) is 2.97. The van der Waals surface area contributed by atoms with Gasteiger partial charge in [0.1, 0.15) is 11.6 Å². The first-order valence-electron chi connectivity index (χ1n) is 5.68. The molecule has 2 rings (SSSR count). The molecule has 0 aliphatic carbocycles. The largest absolute Gasteiger partial charge is 0.437 e. The summed E-state index contributed by atoms with van der Waals surface area (Å²) in [5, 5.41) is 7.44. The smallest absolute Gasteiger partial charge is 0.249 e. The van der Waals surface area contributed by atoms with Crippen LogP contribution in [-0.2, 0) is 0 Å². The topological polar surface area (TPSA) is 88.1 Å². The second kappa shape index (κ2) is 5.34. The molecule has 0 saturated carbocycles. The first kappa shape index (κ1) is 12.8. The van der Waals surface area contributed by atoms with Crippen molar-refractivity contribution in [3.05, 3.63) is 42.4 Å². The van der Waals surface area contributed by atoms with E-state index < -0.39 is 0 Å². The first-order valence-corrected chi connectivity index (χ1v) is 5.68. The molecule has 0 fully saturated rings. The van der Waals surface area contributed by atoms with Gasteiger partial charge < -0.3 is 15.4 Å². The van der Waals surface area contributed by atoms with E-state index in [0.29, 0.717) is 5.75 Å². The molecule has 0 amide bonds. The summed E-state index contributed by atoms with van der Waals surface area (Å²) in [6, 6.07) is 7.54. The monoisotopic (exact) mass is 257 g/mol. The van der Waals surface area contributed by atoms with Gasteiger partial charge in [-0.2, -0.15) is 0 Å². The zero-order valence-electron chi connectivity index (χ0n) is 10.8. The lowest BCUT2D eigenvalue weighted by atomic mass is 10.3. The number of aromatic nitrogens is 2. The average Bonchev–Trinajstić information content (AvgIpc) is 2.39. The van der Waals surface area contributed by atoms with E-state index in [1.54, 1.807) is 0 Å². The van der Waals surface area contributed by atoms with Crippen molar-refractivity contribution in [3.63, 3.8) is 0 Å². The quantitative estimate of drug-likeness (QED) is 0.642. The van der Waals surface area contributed by atoms with Gasteiger partial charge in [0.2, 0.25) is 5.88 Å². The van der Waals surface area contributed by atoms with Crippen molar-refractivity contribution in [2.24, 2.45) is 5.73 Å². The maximum atomic E-state index is 7.44. The molecule has 0 atom stereocenters. The van der Waals surface area contributed by atoms with Crippen LogP contribution in [0, 0.1) is 5.41 Å². The predicted molar refractivity (Wildman–Crippen MR) is 73.9 cm³/mol. The number of hydrogen-bond donors (Lipinski definition) is 2. The fraction of sp³-hybridized carbons (Fsp3) is 0.154. The van der Waals surface area contributed by atoms with Gasteiger partial charge in [0, 0.05) is 38.2 Å². The van der Waals surface area contributed by atoms with Crippen LogP contribution < -0.4 is 15.4 Å².